The van der Waals surface area contributed by atoms with Crippen molar-refractivity contribution >= 4 is 15.8 Å². The number of hydrogen-bond donors (Lipinski definition) is 0. The lowest BCUT2D eigenvalue weighted by Gasteiger charge is -2.45. The summed E-state index contributed by atoms with van der Waals surface area (Å²) in [5, 5.41) is 3.81. The molecule has 2 aromatic rings. The van der Waals surface area contributed by atoms with E-state index in [1.54, 1.807) is 13.8 Å². The lowest BCUT2D eigenvalue weighted by Crippen LogP contribution is -2.49. The van der Waals surface area contributed by atoms with Gasteiger partial charge < -0.3 is 4.52 Å². The number of rotatable bonds is 4. The number of aromatic nitrogens is 1. The molecule has 1 aromatic carbocycles. The monoisotopic (exact) mass is 400 g/mol. The number of nitrogens with zero attached hydrogens (tertiary/aromatic N) is 2. The smallest absolute Gasteiger partial charge is 0.248 e. The Balaban J connectivity index is 1.73. The molecule has 7 heteroatoms. The Morgan fingerprint density at radius 2 is 1.96 bits per heavy atom. The van der Waals surface area contributed by atoms with Gasteiger partial charge in [-0.15, -0.1) is 0 Å². The number of sulfonamides is 1. The number of aryl methyl sites for hydroxylation is 2. The van der Waals surface area contributed by atoms with E-state index in [-0.39, 0.29) is 22.6 Å². The van der Waals surface area contributed by atoms with Crippen molar-refractivity contribution in [1.29, 1.82) is 0 Å². The SMILES string of the molecule is Cc1noc(C)c1S(=O)(=O)N1CC=C2CC(=O)CCC2(Cc2ccccc2)C1. The maximum absolute atomic E-state index is 13.4. The minimum atomic E-state index is -3.73. The number of benzene rings is 1. The average Bonchev–Trinajstić information content (AvgIpc) is 3.01. The van der Waals surface area contributed by atoms with Crippen LogP contribution >= 0.6 is 0 Å². The Kier molecular flexibility index (Phi) is 4.75. The third-order valence-electron chi connectivity index (χ3n) is 5.92. The lowest BCUT2D eigenvalue weighted by molar-refractivity contribution is -0.120. The van der Waals surface area contributed by atoms with Gasteiger partial charge in [0.25, 0.3) is 0 Å². The van der Waals surface area contributed by atoms with Gasteiger partial charge in [-0.3, -0.25) is 4.79 Å². The molecule has 28 heavy (non-hydrogen) atoms. The van der Waals surface area contributed by atoms with Crippen molar-refractivity contribution in [2.45, 2.75) is 44.4 Å². The van der Waals surface area contributed by atoms with E-state index >= 15 is 0 Å². The molecule has 148 valence electrons. The highest BCUT2D eigenvalue weighted by atomic mass is 32.2. The van der Waals surface area contributed by atoms with E-state index in [0.717, 1.165) is 17.6 Å². The number of fused-ring (bicyclic) bond motifs is 1. The van der Waals surface area contributed by atoms with Crippen LogP contribution in [0.2, 0.25) is 0 Å². The lowest BCUT2D eigenvalue weighted by atomic mass is 9.65. The van der Waals surface area contributed by atoms with Crippen LogP contribution < -0.4 is 0 Å². The van der Waals surface area contributed by atoms with Gasteiger partial charge in [-0.1, -0.05) is 47.1 Å². The summed E-state index contributed by atoms with van der Waals surface area (Å²) in [6.45, 7) is 3.91. The molecule has 0 spiro atoms. The van der Waals surface area contributed by atoms with Crippen LogP contribution in [0.5, 0.6) is 0 Å². The molecule has 1 aliphatic heterocycles. The molecule has 0 bridgehead atoms. The number of Topliss-reactive ketones (excluding diaryl/α,β-unsaturated/α-hetero) is 1. The quantitative estimate of drug-likeness (QED) is 0.736. The molecule has 1 aromatic heterocycles. The Labute approximate surface area is 165 Å². The van der Waals surface area contributed by atoms with Gasteiger partial charge in [0.05, 0.1) is 0 Å². The molecule has 1 aliphatic carbocycles. The van der Waals surface area contributed by atoms with E-state index in [4.69, 9.17) is 4.52 Å². The fourth-order valence-electron chi connectivity index (χ4n) is 4.51. The van der Waals surface area contributed by atoms with Crippen molar-refractivity contribution in [1.82, 2.24) is 9.46 Å². The third kappa shape index (κ3) is 3.22. The molecule has 1 atom stereocenters. The maximum Gasteiger partial charge on any atom is 0.248 e. The molecule has 0 saturated heterocycles. The fraction of sp³-hybridized carbons (Fsp3) is 0.429. The topological polar surface area (TPSA) is 80.5 Å². The molecule has 1 saturated carbocycles. The van der Waals surface area contributed by atoms with Gasteiger partial charge in [0.15, 0.2) is 5.76 Å². The third-order valence-corrected chi connectivity index (χ3v) is 7.98. The van der Waals surface area contributed by atoms with Crippen molar-refractivity contribution in [2.24, 2.45) is 5.41 Å². The predicted octanol–water partition coefficient (Wildman–Crippen LogP) is 3.20. The van der Waals surface area contributed by atoms with E-state index in [1.807, 2.05) is 24.3 Å². The second-order valence-corrected chi connectivity index (χ2v) is 9.71. The van der Waals surface area contributed by atoms with Crippen molar-refractivity contribution in [3.05, 3.63) is 59.0 Å². The van der Waals surface area contributed by atoms with Crippen LogP contribution in [0, 0.1) is 19.3 Å². The Hall–Kier alpha value is -2.25. The van der Waals surface area contributed by atoms with Crippen LogP contribution in [0.25, 0.3) is 0 Å². The van der Waals surface area contributed by atoms with Gasteiger partial charge >= 0.3 is 0 Å². The van der Waals surface area contributed by atoms with Crippen molar-refractivity contribution in [3.8, 4) is 0 Å². The van der Waals surface area contributed by atoms with Crippen molar-refractivity contribution in [2.75, 3.05) is 13.1 Å². The summed E-state index contributed by atoms with van der Waals surface area (Å²) in [6.07, 6.45) is 4.25. The van der Waals surface area contributed by atoms with Crippen LogP contribution in [0.15, 0.2) is 51.4 Å². The summed E-state index contributed by atoms with van der Waals surface area (Å²) >= 11 is 0. The molecule has 0 amide bonds. The first-order valence-electron chi connectivity index (χ1n) is 9.50. The van der Waals surface area contributed by atoms with E-state index < -0.39 is 10.0 Å². The van der Waals surface area contributed by atoms with Crippen molar-refractivity contribution < 1.29 is 17.7 Å². The van der Waals surface area contributed by atoms with E-state index in [9.17, 15) is 13.2 Å². The highest BCUT2D eigenvalue weighted by molar-refractivity contribution is 7.89. The van der Waals surface area contributed by atoms with Crippen LogP contribution in [0.3, 0.4) is 0 Å². The Morgan fingerprint density at radius 1 is 1.21 bits per heavy atom. The van der Waals surface area contributed by atoms with Gasteiger partial charge in [-0.25, -0.2) is 8.42 Å². The summed E-state index contributed by atoms with van der Waals surface area (Å²) < 4.78 is 33.3. The second kappa shape index (κ2) is 6.97. The van der Waals surface area contributed by atoms with Gasteiger partial charge in [-0.2, -0.15) is 4.31 Å². The van der Waals surface area contributed by atoms with Gasteiger partial charge in [-0.05, 0) is 32.3 Å². The normalized spacial score (nSPS) is 23.4. The van der Waals surface area contributed by atoms with E-state index in [0.29, 0.717) is 37.3 Å². The summed E-state index contributed by atoms with van der Waals surface area (Å²) in [5.74, 6) is 0.542. The Bertz CT molecular complexity index is 1020. The first-order chi connectivity index (χ1) is 13.3. The van der Waals surface area contributed by atoms with E-state index in [1.165, 1.54) is 4.31 Å². The predicted molar refractivity (Wildman–Crippen MR) is 104 cm³/mol. The minimum absolute atomic E-state index is 0.158. The first-order valence-corrected chi connectivity index (χ1v) is 10.9. The zero-order chi connectivity index (χ0) is 19.9. The molecule has 1 fully saturated rings. The average molecular weight is 401 g/mol. The minimum Gasteiger partial charge on any atom is -0.360 e. The zero-order valence-corrected chi connectivity index (χ0v) is 17.0. The van der Waals surface area contributed by atoms with Crippen molar-refractivity contribution in [3.63, 3.8) is 0 Å². The van der Waals surface area contributed by atoms with Gasteiger partial charge in [0.1, 0.15) is 16.4 Å². The molecule has 2 heterocycles. The van der Waals surface area contributed by atoms with E-state index in [2.05, 4.69) is 17.3 Å². The molecule has 6 nitrogen and oxygen atoms in total. The maximum atomic E-state index is 13.4. The highest BCUT2D eigenvalue weighted by Gasteiger charge is 2.45. The molecular weight excluding hydrogens is 376 g/mol. The number of hydrogen-bond acceptors (Lipinski definition) is 5. The van der Waals surface area contributed by atoms with Crippen LogP contribution in [-0.4, -0.2) is 36.8 Å². The molecule has 0 radical (unpaired) electrons. The number of carbonyl (C=O) groups is 1. The summed E-state index contributed by atoms with van der Waals surface area (Å²) in [6, 6.07) is 10.1. The number of carbonyl (C=O) groups excluding carboxylic acids is 1. The highest BCUT2D eigenvalue weighted by Crippen LogP contribution is 2.46. The van der Waals surface area contributed by atoms with Crippen LogP contribution in [-0.2, 0) is 21.2 Å². The molecule has 2 aliphatic rings. The fourth-order valence-corrected chi connectivity index (χ4v) is 6.27. The molecule has 1 unspecified atom stereocenters. The largest absolute Gasteiger partial charge is 0.360 e. The van der Waals surface area contributed by atoms with Crippen LogP contribution in [0.4, 0.5) is 0 Å². The van der Waals surface area contributed by atoms with Crippen LogP contribution in [0.1, 0.15) is 36.3 Å². The summed E-state index contributed by atoms with van der Waals surface area (Å²) in [7, 11) is -3.73. The molecular formula is C21H24N2O4S. The van der Waals surface area contributed by atoms with Gasteiger partial charge in [0.2, 0.25) is 10.0 Å². The summed E-state index contributed by atoms with van der Waals surface area (Å²) in [5.41, 5.74) is 2.26. The Morgan fingerprint density at radius 3 is 2.64 bits per heavy atom. The molecule has 4 rings (SSSR count). The molecule has 0 N–H and O–H groups in total. The standard InChI is InChI=1S/C21H24N2O4S/c1-15-20(16(2)27-22-15)28(25,26)23-11-9-18-12-19(24)8-10-21(18,14-23)13-17-6-4-3-5-7-17/h3-7,9H,8,10-14H2,1-2H3. The zero-order valence-electron chi connectivity index (χ0n) is 16.1. The second-order valence-electron chi connectivity index (χ2n) is 7.84. The first kappa shape index (κ1) is 19.1. The van der Waals surface area contributed by atoms with Gasteiger partial charge in [0, 0.05) is 31.3 Å². The summed E-state index contributed by atoms with van der Waals surface area (Å²) in [4.78, 5) is 12.2. The number of ketones is 1.